The molecule has 0 saturated carbocycles. The molecule has 1 heterocycles. The maximum absolute atomic E-state index is 5.77. The van der Waals surface area contributed by atoms with Crippen LogP contribution in [0, 0.1) is 0 Å². The van der Waals surface area contributed by atoms with Gasteiger partial charge in [-0.05, 0) is 12.0 Å². The lowest BCUT2D eigenvalue weighted by Gasteiger charge is -2.10. The van der Waals surface area contributed by atoms with E-state index in [0.717, 1.165) is 12.8 Å². The van der Waals surface area contributed by atoms with Gasteiger partial charge in [0.05, 0.1) is 6.61 Å². The Hall–Kier alpha value is -0.860. The van der Waals surface area contributed by atoms with Gasteiger partial charge in [0.25, 0.3) is 0 Å². The molecule has 0 radical (unpaired) electrons. The van der Waals surface area contributed by atoms with Gasteiger partial charge in [-0.2, -0.15) is 0 Å². The monoisotopic (exact) mass is 192 g/mol. The van der Waals surface area contributed by atoms with Gasteiger partial charge in [-0.25, -0.2) is 0 Å². The summed E-state index contributed by atoms with van der Waals surface area (Å²) in [5.41, 5.74) is 1.21. The first-order chi connectivity index (χ1) is 6.90. The molecule has 2 heteroatoms. The second kappa shape index (κ2) is 4.58. The molecule has 1 saturated heterocycles. The van der Waals surface area contributed by atoms with Crippen molar-refractivity contribution in [2.24, 2.45) is 0 Å². The van der Waals surface area contributed by atoms with Crippen molar-refractivity contribution in [3.8, 4) is 0 Å². The minimum absolute atomic E-state index is 0.00482. The molecule has 2 nitrogen and oxygen atoms in total. The van der Waals surface area contributed by atoms with Crippen LogP contribution in [-0.2, 0) is 9.47 Å². The highest BCUT2D eigenvalue weighted by atomic mass is 16.7. The summed E-state index contributed by atoms with van der Waals surface area (Å²) in [6.07, 6.45) is 2.23. The van der Waals surface area contributed by atoms with Crippen LogP contribution in [0.1, 0.15) is 31.4 Å². The van der Waals surface area contributed by atoms with Crippen molar-refractivity contribution in [2.45, 2.75) is 32.2 Å². The quantitative estimate of drug-likeness (QED) is 0.733. The summed E-state index contributed by atoms with van der Waals surface area (Å²) in [5.74, 6) is 0. The Kier molecular flexibility index (Phi) is 3.17. The Balaban J connectivity index is 1.96. The Morgan fingerprint density at radius 3 is 2.79 bits per heavy atom. The first-order valence-corrected chi connectivity index (χ1v) is 5.22. The van der Waals surface area contributed by atoms with E-state index in [2.05, 4.69) is 19.1 Å². The lowest BCUT2D eigenvalue weighted by atomic mass is 10.1. The average molecular weight is 192 g/mol. The molecule has 0 unspecified atom stereocenters. The zero-order valence-electron chi connectivity index (χ0n) is 8.48. The molecule has 0 aliphatic carbocycles. The lowest BCUT2D eigenvalue weighted by Crippen LogP contribution is -2.06. The molecule has 1 aliphatic rings. The number of rotatable bonds is 3. The van der Waals surface area contributed by atoms with E-state index in [9.17, 15) is 0 Å². The summed E-state index contributed by atoms with van der Waals surface area (Å²) in [4.78, 5) is 0. The molecule has 1 aromatic carbocycles. The fourth-order valence-corrected chi connectivity index (χ4v) is 1.69. The Morgan fingerprint density at radius 2 is 2.07 bits per heavy atom. The third-order valence-electron chi connectivity index (χ3n) is 2.45. The highest BCUT2D eigenvalue weighted by Crippen LogP contribution is 2.27. The summed E-state index contributed by atoms with van der Waals surface area (Å²) in [5, 5.41) is 0. The Labute approximate surface area is 84.8 Å². The number of hydrogen-bond acceptors (Lipinski definition) is 2. The van der Waals surface area contributed by atoms with Gasteiger partial charge in [-0.3, -0.25) is 0 Å². The van der Waals surface area contributed by atoms with Crippen LogP contribution in [-0.4, -0.2) is 12.9 Å². The van der Waals surface area contributed by atoms with Gasteiger partial charge in [0.1, 0.15) is 6.10 Å². The van der Waals surface area contributed by atoms with Crippen molar-refractivity contribution >= 4 is 0 Å². The fraction of sp³-hybridized carbons (Fsp3) is 0.500. The predicted octanol–water partition coefficient (Wildman–Crippen LogP) is 2.90. The molecule has 0 amide bonds. The van der Waals surface area contributed by atoms with Crippen molar-refractivity contribution in [3.63, 3.8) is 0 Å². The summed E-state index contributed by atoms with van der Waals surface area (Å²) in [6.45, 7) is 2.83. The minimum atomic E-state index is 0.00482. The molecule has 14 heavy (non-hydrogen) atoms. The van der Waals surface area contributed by atoms with Crippen molar-refractivity contribution in [3.05, 3.63) is 35.9 Å². The highest BCUT2D eigenvalue weighted by Gasteiger charge is 2.25. The van der Waals surface area contributed by atoms with Crippen LogP contribution in [0.2, 0.25) is 0 Å². The van der Waals surface area contributed by atoms with E-state index in [-0.39, 0.29) is 12.4 Å². The molecule has 1 aliphatic heterocycles. The Bertz CT molecular complexity index is 271. The molecule has 2 rings (SSSR count). The molecule has 76 valence electrons. The summed E-state index contributed by atoms with van der Waals surface area (Å²) >= 11 is 0. The summed E-state index contributed by atoms with van der Waals surface area (Å²) in [7, 11) is 0. The maximum Gasteiger partial charge on any atom is 0.158 e. The topological polar surface area (TPSA) is 18.5 Å². The van der Waals surface area contributed by atoms with Gasteiger partial charge < -0.3 is 9.47 Å². The SMILES string of the molecule is CCC[C@@H]1OC[C@@H](c2ccccc2)O1. The minimum Gasteiger partial charge on any atom is -0.350 e. The Morgan fingerprint density at radius 1 is 1.29 bits per heavy atom. The van der Waals surface area contributed by atoms with Crippen LogP contribution in [0.15, 0.2) is 30.3 Å². The molecular formula is C12H16O2. The first-order valence-electron chi connectivity index (χ1n) is 5.22. The highest BCUT2D eigenvalue weighted by molar-refractivity contribution is 5.18. The van der Waals surface area contributed by atoms with E-state index in [1.54, 1.807) is 0 Å². The average Bonchev–Trinajstić information content (AvgIpc) is 2.68. The molecule has 1 aromatic rings. The number of benzene rings is 1. The molecule has 0 spiro atoms. The van der Waals surface area contributed by atoms with E-state index in [1.165, 1.54) is 5.56 Å². The van der Waals surface area contributed by atoms with E-state index in [0.29, 0.717) is 6.61 Å². The van der Waals surface area contributed by atoms with E-state index >= 15 is 0 Å². The zero-order valence-corrected chi connectivity index (χ0v) is 8.48. The second-order valence-corrected chi connectivity index (χ2v) is 3.59. The van der Waals surface area contributed by atoms with E-state index < -0.39 is 0 Å². The third-order valence-corrected chi connectivity index (χ3v) is 2.45. The third kappa shape index (κ3) is 2.14. The molecule has 2 atom stereocenters. The molecule has 0 aromatic heterocycles. The molecule has 1 fully saturated rings. The van der Waals surface area contributed by atoms with Gasteiger partial charge >= 0.3 is 0 Å². The smallest absolute Gasteiger partial charge is 0.158 e. The first kappa shape index (κ1) is 9.69. The van der Waals surface area contributed by atoms with Crippen molar-refractivity contribution in [1.82, 2.24) is 0 Å². The lowest BCUT2D eigenvalue weighted by molar-refractivity contribution is -0.0627. The predicted molar refractivity (Wildman–Crippen MR) is 54.9 cm³/mol. The zero-order chi connectivity index (χ0) is 9.80. The van der Waals surface area contributed by atoms with Gasteiger partial charge in [-0.15, -0.1) is 0 Å². The number of ether oxygens (including phenoxy) is 2. The van der Waals surface area contributed by atoms with Crippen LogP contribution in [0.3, 0.4) is 0 Å². The normalized spacial score (nSPS) is 26.6. The van der Waals surface area contributed by atoms with Gasteiger partial charge in [-0.1, -0.05) is 43.7 Å². The fourth-order valence-electron chi connectivity index (χ4n) is 1.69. The van der Waals surface area contributed by atoms with Crippen LogP contribution in [0.5, 0.6) is 0 Å². The van der Waals surface area contributed by atoms with Crippen molar-refractivity contribution < 1.29 is 9.47 Å². The molecule has 0 bridgehead atoms. The number of hydrogen-bond donors (Lipinski definition) is 0. The molecule has 0 N–H and O–H groups in total. The van der Waals surface area contributed by atoms with Crippen LogP contribution in [0.4, 0.5) is 0 Å². The largest absolute Gasteiger partial charge is 0.350 e. The maximum atomic E-state index is 5.77. The van der Waals surface area contributed by atoms with Crippen LogP contribution >= 0.6 is 0 Å². The summed E-state index contributed by atoms with van der Waals surface area (Å²) < 4.78 is 11.3. The van der Waals surface area contributed by atoms with Crippen LogP contribution < -0.4 is 0 Å². The van der Waals surface area contributed by atoms with Gasteiger partial charge in [0.2, 0.25) is 0 Å². The molecular weight excluding hydrogens is 176 g/mol. The van der Waals surface area contributed by atoms with Gasteiger partial charge in [0.15, 0.2) is 6.29 Å². The van der Waals surface area contributed by atoms with E-state index in [1.807, 2.05) is 18.2 Å². The van der Waals surface area contributed by atoms with Crippen LogP contribution in [0.25, 0.3) is 0 Å². The standard InChI is InChI=1S/C12H16O2/c1-2-6-12-13-9-11(14-12)10-7-4-3-5-8-10/h3-5,7-8,11-12H,2,6,9H2,1H3/t11-,12+/m0/s1. The van der Waals surface area contributed by atoms with Crippen molar-refractivity contribution in [1.29, 1.82) is 0 Å². The summed E-state index contributed by atoms with van der Waals surface area (Å²) in [6, 6.07) is 10.3. The van der Waals surface area contributed by atoms with Crippen molar-refractivity contribution in [2.75, 3.05) is 6.61 Å². The second-order valence-electron chi connectivity index (χ2n) is 3.59. The van der Waals surface area contributed by atoms with Gasteiger partial charge in [0, 0.05) is 0 Å². The van der Waals surface area contributed by atoms with E-state index in [4.69, 9.17) is 9.47 Å².